The van der Waals surface area contributed by atoms with Crippen LogP contribution in [-0.2, 0) is 4.74 Å². The summed E-state index contributed by atoms with van der Waals surface area (Å²) in [5.74, 6) is -0.393. The first-order valence-corrected chi connectivity index (χ1v) is 5.72. The van der Waals surface area contributed by atoms with Crippen molar-refractivity contribution in [1.82, 2.24) is 0 Å². The molecule has 0 aromatic carbocycles. The van der Waals surface area contributed by atoms with Gasteiger partial charge in [-0.15, -0.1) is 11.3 Å². The van der Waals surface area contributed by atoms with Gasteiger partial charge in [0, 0.05) is 4.88 Å². The standard InChI is InChI=1S/C12H15NO2S/c1-4-6-8(5-2)10-7-9(11(13)16-10)12(14)15-3/h4-7H,13H2,1-3H3. The van der Waals surface area contributed by atoms with Crippen molar-refractivity contribution in [2.24, 2.45) is 0 Å². The maximum atomic E-state index is 11.4. The van der Waals surface area contributed by atoms with Crippen molar-refractivity contribution in [3.63, 3.8) is 0 Å². The molecule has 0 amide bonds. The molecule has 4 heteroatoms. The Bertz CT molecular complexity index is 444. The molecule has 3 nitrogen and oxygen atoms in total. The number of anilines is 1. The highest BCUT2D eigenvalue weighted by molar-refractivity contribution is 7.17. The number of esters is 1. The van der Waals surface area contributed by atoms with Crippen molar-refractivity contribution in [3.05, 3.63) is 34.7 Å². The first-order valence-electron chi connectivity index (χ1n) is 4.91. The third-order valence-electron chi connectivity index (χ3n) is 2.11. The average Bonchev–Trinajstić information content (AvgIpc) is 2.67. The van der Waals surface area contributed by atoms with E-state index in [1.165, 1.54) is 18.4 Å². The lowest BCUT2D eigenvalue weighted by Gasteiger charge is -1.95. The first-order chi connectivity index (χ1) is 7.63. The summed E-state index contributed by atoms with van der Waals surface area (Å²) in [5.41, 5.74) is 7.26. The van der Waals surface area contributed by atoms with E-state index in [2.05, 4.69) is 4.74 Å². The number of carbonyl (C=O) groups excluding carboxylic acids is 1. The molecule has 0 saturated heterocycles. The largest absolute Gasteiger partial charge is 0.465 e. The van der Waals surface area contributed by atoms with Gasteiger partial charge in [-0.3, -0.25) is 0 Å². The van der Waals surface area contributed by atoms with Crippen molar-refractivity contribution in [3.8, 4) is 0 Å². The molecule has 0 bridgehead atoms. The molecular weight excluding hydrogens is 222 g/mol. The number of ether oxygens (including phenoxy) is 1. The summed E-state index contributed by atoms with van der Waals surface area (Å²) in [6.45, 7) is 3.89. The molecule has 86 valence electrons. The minimum absolute atomic E-state index is 0.393. The molecule has 0 aliphatic carbocycles. The summed E-state index contributed by atoms with van der Waals surface area (Å²) in [4.78, 5) is 12.4. The smallest absolute Gasteiger partial charge is 0.340 e. The molecule has 0 aliphatic heterocycles. The van der Waals surface area contributed by atoms with Gasteiger partial charge in [-0.05, 0) is 25.5 Å². The van der Waals surface area contributed by atoms with Gasteiger partial charge < -0.3 is 10.5 Å². The molecule has 0 saturated carbocycles. The van der Waals surface area contributed by atoms with E-state index in [9.17, 15) is 4.79 Å². The van der Waals surface area contributed by atoms with Crippen molar-refractivity contribution in [1.29, 1.82) is 0 Å². The number of nitrogen functional groups attached to an aromatic ring is 1. The zero-order valence-corrected chi connectivity index (χ0v) is 10.4. The number of nitrogens with two attached hydrogens (primary N) is 1. The zero-order chi connectivity index (χ0) is 12.1. The van der Waals surface area contributed by atoms with Gasteiger partial charge in [0.15, 0.2) is 0 Å². The van der Waals surface area contributed by atoms with Gasteiger partial charge in [-0.25, -0.2) is 4.79 Å². The van der Waals surface area contributed by atoms with Crippen LogP contribution in [0.1, 0.15) is 29.1 Å². The summed E-state index contributed by atoms with van der Waals surface area (Å²) in [7, 11) is 1.35. The van der Waals surface area contributed by atoms with E-state index in [0.29, 0.717) is 10.6 Å². The van der Waals surface area contributed by atoms with Gasteiger partial charge in [0.1, 0.15) is 5.00 Å². The molecule has 0 unspecified atom stereocenters. The SMILES string of the molecule is CC=CC(=CC)c1cc(C(=O)OC)c(N)s1. The Hall–Kier alpha value is -1.55. The fourth-order valence-corrected chi connectivity index (χ4v) is 2.29. The van der Waals surface area contributed by atoms with Gasteiger partial charge in [-0.1, -0.05) is 18.2 Å². The van der Waals surface area contributed by atoms with Crippen LogP contribution in [0.4, 0.5) is 5.00 Å². The molecule has 0 aliphatic rings. The van der Waals surface area contributed by atoms with Gasteiger partial charge in [0.25, 0.3) is 0 Å². The van der Waals surface area contributed by atoms with Gasteiger partial charge in [0.2, 0.25) is 0 Å². The van der Waals surface area contributed by atoms with Crippen LogP contribution in [0, 0.1) is 0 Å². The van der Waals surface area contributed by atoms with Crippen LogP contribution >= 0.6 is 11.3 Å². The molecular formula is C12H15NO2S. The fourth-order valence-electron chi connectivity index (χ4n) is 1.32. The number of allylic oxidation sites excluding steroid dienone is 4. The predicted molar refractivity (Wildman–Crippen MR) is 68.5 cm³/mol. The van der Waals surface area contributed by atoms with E-state index in [0.717, 1.165) is 10.5 Å². The van der Waals surface area contributed by atoms with Crippen LogP contribution in [0.15, 0.2) is 24.3 Å². The fraction of sp³-hybridized carbons (Fsp3) is 0.250. The Balaban J connectivity index is 3.14. The first kappa shape index (κ1) is 12.5. The Morgan fingerprint density at radius 3 is 2.69 bits per heavy atom. The molecule has 0 atom stereocenters. The Morgan fingerprint density at radius 2 is 2.19 bits per heavy atom. The number of rotatable bonds is 3. The Labute approximate surface area is 99.2 Å². The summed E-state index contributed by atoms with van der Waals surface area (Å²) >= 11 is 1.39. The zero-order valence-electron chi connectivity index (χ0n) is 9.61. The second kappa shape index (κ2) is 5.51. The Kier molecular flexibility index (Phi) is 4.31. The number of carbonyl (C=O) groups is 1. The lowest BCUT2D eigenvalue weighted by molar-refractivity contribution is 0.0602. The third-order valence-corrected chi connectivity index (χ3v) is 3.12. The molecule has 0 radical (unpaired) electrons. The second-order valence-corrected chi connectivity index (χ2v) is 4.21. The van der Waals surface area contributed by atoms with Gasteiger partial charge in [0.05, 0.1) is 12.7 Å². The van der Waals surface area contributed by atoms with Crippen LogP contribution in [0.3, 0.4) is 0 Å². The number of hydrogen-bond acceptors (Lipinski definition) is 4. The van der Waals surface area contributed by atoms with Crippen molar-refractivity contribution < 1.29 is 9.53 Å². The van der Waals surface area contributed by atoms with Crippen LogP contribution < -0.4 is 5.73 Å². The van der Waals surface area contributed by atoms with E-state index >= 15 is 0 Å². The summed E-state index contributed by atoms with van der Waals surface area (Å²) in [5, 5.41) is 0.491. The summed E-state index contributed by atoms with van der Waals surface area (Å²) in [6, 6.07) is 1.77. The molecule has 0 spiro atoms. The van der Waals surface area contributed by atoms with Gasteiger partial charge >= 0.3 is 5.97 Å². The van der Waals surface area contributed by atoms with Crippen molar-refractivity contribution in [2.75, 3.05) is 12.8 Å². The van der Waals surface area contributed by atoms with Crippen LogP contribution in [0.2, 0.25) is 0 Å². The lowest BCUT2D eigenvalue weighted by Crippen LogP contribution is -2.01. The molecule has 1 aromatic rings. The minimum Gasteiger partial charge on any atom is -0.465 e. The molecule has 1 heterocycles. The molecule has 1 aromatic heterocycles. The maximum absolute atomic E-state index is 11.4. The molecule has 2 N–H and O–H groups in total. The predicted octanol–water partition coefficient (Wildman–Crippen LogP) is 3.10. The highest BCUT2D eigenvalue weighted by atomic mass is 32.1. The average molecular weight is 237 g/mol. The topological polar surface area (TPSA) is 52.3 Å². The lowest BCUT2D eigenvalue weighted by atomic mass is 10.1. The van der Waals surface area contributed by atoms with Crippen LogP contribution in [0.5, 0.6) is 0 Å². The monoisotopic (exact) mass is 237 g/mol. The Morgan fingerprint density at radius 1 is 1.50 bits per heavy atom. The van der Waals surface area contributed by atoms with E-state index < -0.39 is 5.97 Å². The molecule has 0 fully saturated rings. The number of hydrogen-bond donors (Lipinski definition) is 1. The minimum atomic E-state index is -0.393. The molecule has 1 rings (SSSR count). The van der Waals surface area contributed by atoms with Crippen molar-refractivity contribution >= 4 is 27.9 Å². The quantitative estimate of drug-likeness (QED) is 0.649. The normalized spacial score (nSPS) is 12.1. The number of thiophene rings is 1. The maximum Gasteiger partial charge on any atom is 0.340 e. The van der Waals surface area contributed by atoms with E-state index in [1.807, 2.05) is 32.1 Å². The third kappa shape index (κ3) is 2.52. The second-order valence-electron chi connectivity index (χ2n) is 3.12. The van der Waals surface area contributed by atoms with E-state index in [-0.39, 0.29) is 0 Å². The van der Waals surface area contributed by atoms with Gasteiger partial charge in [-0.2, -0.15) is 0 Å². The number of methoxy groups -OCH3 is 1. The van der Waals surface area contributed by atoms with Crippen LogP contribution in [0.25, 0.3) is 5.57 Å². The van der Waals surface area contributed by atoms with E-state index in [1.54, 1.807) is 6.07 Å². The van der Waals surface area contributed by atoms with E-state index in [4.69, 9.17) is 5.73 Å². The van der Waals surface area contributed by atoms with Crippen LogP contribution in [-0.4, -0.2) is 13.1 Å². The highest BCUT2D eigenvalue weighted by Crippen LogP contribution is 2.31. The molecule has 16 heavy (non-hydrogen) atoms. The highest BCUT2D eigenvalue weighted by Gasteiger charge is 2.15. The van der Waals surface area contributed by atoms with Crippen molar-refractivity contribution in [2.45, 2.75) is 13.8 Å². The summed E-state index contributed by atoms with van der Waals surface area (Å²) < 4.78 is 4.65. The summed E-state index contributed by atoms with van der Waals surface area (Å²) in [6.07, 6.45) is 5.90.